The number of aromatic nitrogens is 1. The molecule has 0 saturated heterocycles. The van der Waals surface area contributed by atoms with Crippen LogP contribution in [0.4, 0.5) is 4.39 Å². The van der Waals surface area contributed by atoms with Crippen LogP contribution in [0.3, 0.4) is 0 Å². The van der Waals surface area contributed by atoms with Gasteiger partial charge in [-0.2, -0.15) is 0 Å². The van der Waals surface area contributed by atoms with Crippen molar-refractivity contribution in [3.8, 4) is 0 Å². The Morgan fingerprint density at radius 2 is 2.25 bits per heavy atom. The van der Waals surface area contributed by atoms with Crippen LogP contribution in [0, 0.1) is 5.82 Å². The molecule has 0 aliphatic rings. The van der Waals surface area contributed by atoms with E-state index < -0.39 is 0 Å². The fraction of sp³-hybridized carbons (Fsp3) is 0.250. The fourth-order valence-electron chi connectivity index (χ4n) is 1.67. The van der Waals surface area contributed by atoms with E-state index in [-0.39, 0.29) is 11.9 Å². The number of likely N-dealkylation sites (N-methyl/N-ethyl adjacent to an activating group) is 1. The Hall–Kier alpha value is -1.26. The molecule has 2 aromatic rings. The van der Waals surface area contributed by atoms with E-state index in [1.807, 2.05) is 25.4 Å². The Labute approximate surface area is 98.2 Å². The first-order valence-electron chi connectivity index (χ1n) is 5.10. The van der Waals surface area contributed by atoms with Gasteiger partial charge in [0.15, 0.2) is 0 Å². The average Bonchev–Trinajstić information content (AvgIpc) is 2.80. The molecule has 1 unspecified atom stereocenters. The molecular formula is C12H13FN2S. The van der Waals surface area contributed by atoms with Gasteiger partial charge in [0.05, 0.1) is 5.51 Å². The molecule has 0 aliphatic heterocycles. The molecule has 84 valence electrons. The normalized spacial score (nSPS) is 12.6. The van der Waals surface area contributed by atoms with Crippen LogP contribution in [0.1, 0.15) is 16.5 Å². The number of benzene rings is 1. The summed E-state index contributed by atoms with van der Waals surface area (Å²) in [4.78, 5) is 5.18. The number of nitrogens with one attached hydrogen (secondary N) is 1. The lowest BCUT2D eigenvalue weighted by molar-refractivity contribution is 0.536. The highest BCUT2D eigenvalue weighted by Crippen LogP contribution is 2.22. The third-order valence-corrected chi connectivity index (χ3v) is 3.32. The molecule has 1 aromatic heterocycles. The van der Waals surface area contributed by atoms with Gasteiger partial charge in [-0.05, 0) is 13.1 Å². The molecule has 0 spiro atoms. The van der Waals surface area contributed by atoms with E-state index in [1.54, 1.807) is 22.9 Å². The number of hydrogen-bond donors (Lipinski definition) is 1. The maximum atomic E-state index is 13.6. The van der Waals surface area contributed by atoms with Crippen molar-refractivity contribution in [3.63, 3.8) is 0 Å². The van der Waals surface area contributed by atoms with Crippen molar-refractivity contribution in [3.05, 3.63) is 52.2 Å². The second kappa shape index (κ2) is 5.18. The van der Waals surface area contributed by atoms with E-state index in [4.69, 9.17) is 0 Å². The molecule has 1 N–H and O–H groups in total. The first-order valence-corrected chi connectivity index (χ1v) is 5.98. The third-order valence-electron chi connectivity index (χ3n) is 2.52. The quantitative estimate of drug-likeness (QED) is 0.883. The molecule has 4 heteroatoms. The van der Waals surface area contributed by atoms with Gasteiger partial charge in [0.25, 0.3) is 0 Å². The Balaban J connectivity index is 2.20. The van der Waals surface area contributed by atoms with Crippen LogP contribution in [0.15, 0.2) is 36.0 Å². The van der Waals surface area contributed by atoms with E-state index in [1.165, 1.54) is 6.07 Å². The van der Waals surface area contributed by atoms with Crippen molar-refractivity contribution >= 4 is 11.3 Å². The summed E-state index contributed by atoms with van der Waals surface area (Å²) < 4.78 is 13.6. The third kappa shape index (κ3) is 2.46. The Bertz CT molecular complexity index is 442. The van der Waals surface area contributed by atoms with Crippen molar-refractivity contribution in [2.24, 2.45) is 0 Å². The lowest BCUT2D eigenvalue weighted by Gasteiger charge is -2.16. The summed E-state index contributed by atoms with van der Waals surface area (Å²) in [6, 6.07) is 6.87. The summed E-state index contributed by atoms with van der Waals surface area (Å²) in [6.07, 6.45) is 2.60. The smallest absolute Gasteiger partial charge is 0.127 e. The Morgan fingerprint density at radius 1 is 1.44 bits per heavy atom. The van der Waals surface area contributed by atoms with Crippen LogP contribution in [-0.4, -0.2) is 12.0 Å². The number of nitrogens with zero attached hydrogens (tertiary/aromatic N) is 1. The zero-order valence-electron chi connectivity index (χ0n) is 8.98. The largest absolute Gasteiger partial charge is 0.313 e. The van der Waals surface area contributed by atoms with Crippen LogP contribution in [0.5, 0.6) is 0 Å². The van der Waals surface area contributed by atoms with Gasteiger partial charge in [-0.1, -0.05) is 18.2 Å². The number of hydrogen-bond acceptors (Lipinski definition) is 3. The van der Waals surface area contributed by atoms with Gasteiger partial charge in [0, 0.05) is 29.1 Å². The van der Waals surface area contributed by atoms with Crippen LogP contribution < -0.4 is 5.32 Å². The van der Waals surface area contributed by atoms with Crippen LogP contribution in [0.2, 0.25) is 0 Å². The summed E-state index contributed by atoms with van der Waals surface area (Å²) >= 11 is 1.59. The SMILES string of the molecule is CNC(Cc1cncs1)c1ccccc1F. The molecule has 0 amide bonds. The van der Waals surface area contributed by atoms with Crippen molar-refractivity contribution in [1.82, 2.24) is 10.3 Å². The second-order valence-corrected chi connectivity index (χ2v) is 4.51. The summed E-state index contributed by atoms with van der Waals surface area (Å²) in [5, 5.41) is 3.14. The van der Waals surface area contributed by atoms with Gasteiger partial charge >= 0.3 is 0 Å². The molecule has 2 rings (SSSR count). The molecule has 1 heterocycles. The van der Waals surface area contributed by atoms with Gasteiger partial charge in [-0.3, -0.25) is 4.98 Å². The first kappa shape index (κ1) is 11.2. The molecule has 0 saturated carbocycles. The van der Waals surface area contributed by atoms with E-state index in [9.17, 15) is 4.39 Å². The molecule has 1 aromatic carbocycles. The lowest BCUT2D eigenvalue weighted by atomic mass is 10.0. The Morgan fingerprint density at radius 3 is 2.88 bits per heavy atom. The van der Waals surface area contributed by atoms with Gasteiger partial charge in [-0.25, -0.2) is 4.39 Å². The molecule has 16 heavy (non-hydrogen) atoms. The molecular weight excluding hydrogens is 223 g/mol. The van der Waals surface area contributed by atoms with E-state index in [0.717, 1.165) is 11.3 Å². The maximum absolute atomic E-state index is 13.6. The number of rotatable bonds is 4. The highest BCUT2D eigenvalue weighted by molar-refractivity contribution is 7.09. The maximum Gasteiger partial charge on any atom is 0.127 e. The summed E-state index contributed by atoms with van der Waals surface area (Å²) in [5.74, 6) is -0.161. The van der Waals surface area contributed by atoms with Gasteiger partial charge < -0.3 is 5.32 Å². The standard InChI is InChI=1S/C12H13FN2S/c1-14-12(6-9-7-15-8-16-9)10-4-2-3-5-11(10)13/h2-5,7-8,12,14H,6H2,1H3. The highest BCUT2D eigenvalue weighted by Gasteiger charge is 2.14. The van der Waals surface area contributed by atoms with Crippen LogP contribution in [0.25, 0.3) is 0 Å². The number of thiazole rings is 1. The average molecular weight is 236 g/mol. The Kier molecular flexibility index (Phi) is 3.64. The minimum atomic E-state index is -0.161. The minimum absolute atomic E-state index is 0.00153. The van der Waals surface area contributed by atoms with E-state index in [2.05, 4.69) is 10.3 Å². The van der Waals surface area contributed by atoms with Crippen molar-refractivity contribution in [1.29, 1.82) is 0 Å². The van der Waals surface area contributed by atoms with Gasteiger partial charge in [0.2, 0.25) is 0 Å². The zero-order valence-corrected chi connectivity index (χ0v) is 9.80. The van der Waals surface area contributed by atoms with Crippen molar-refractivity contribution in [2.45, 2.75) is 12.5 Å². The summed E-state index contributed by atoms with van der Waals surface area (Å²) in [6.45, 7) is 0. The van der Waals surface area contributed by atoms with E-state index >= 15 is 0 Å². The van der Waals surface area contributed by atoms with Gasteiger partial charge in [0.1, 0.15) is 5.82 Å². The number of halogens is 1. The lowest BCUT2D eigenvalue weighted by Crippen LogP contribution is -2.19. The molecule has 0 aliphatic carbocycles. The predicted octanol–water partition coefficient (Wildman–Crippen LogP) is 2.79. The molecule has 0 bridgehead atoms. The molecule has 0 radical (unpaired) electrons. The summed E-state index contributed by atoms with van der Waals surface area (Å²) in [5.41, 5.74) is 2.50. The first-order chi connectivity index (χ1) is 7.81. The highest BCUT2D eigenvalue weighted by atomic mass is 32.1. The molecule has 2 nitrogen and oxygen atoms in total. The topological polar surface area (TPSA) is 24.9 Å². The monoisotopic (exact) mass is 236 g/mol. The molecule has 0 fully saturated rings. The van der Waals surface area contributed by atoms with Crippen molar-refractivity contribution in [2.75, 3.05) is 7.05 Å². The van der Waals surface area contributed by atoms with Gasteiger partial charge in [-0.15, -0.1) is 11.3 Å². The minimum Gasteiger partial charge on any atom is -0.313 e. The van der Waals surface area contributed by atoms with E-state index in [0.29, 0.717) is 5.56 Å². The van der Waals surface area contributed by atoms with Crippen LogP contribution in [-0.2, 0) is 6.42 Å². The second-order valence-electron chi connectivity index (χ2n) is 3.53. The predicted molar refractivity (Wildman–Crippen MR) is 64.0 cm³/mol. The summed E-state index contributed by atoms with van der Waals surface area (Å²) in [7, 11) is 1.85. The van der Waals surface area contributed by atoms with Crippen LogP contribution >= 0.6 is 11.3 Å². The van der Waals surface area contributed by atoms with Crippen molar-refractivity contribution < 1.29 is 4.39 Å². The zero-order chi connectivity index (χ0) is 11.4. The fourth-order valence-corrected chi connectivity index (χ4v) is 2.31. The molecule has 1 atom stereocenters.